The first kappa shape index (κ1) is 21.9. The molecule has 25 heavy (non-hydrogen) atoms. The number of Topliss-reactive ketones (excluding diaryl/α,β-unsaturated/α-hetero) is 2. The lowest BCUT2D eigenvalue weighted by Crippen LogP contribution is -1.90. The van der Waals surface area contributed by atoms with Crippen molar-refractivity contribution in [2.24, 2.45) is 0 Å². The van der Waals surface area contributed by atoms with Crippen LogP contribution in [-0.2, 0) is 0 Å². The van der Waals surface area contributed by atoms with E-state index in [1.807, 2.05) is 6.92 Å². The highest BCUT2D eigenvalue weighted by molar-refractivity contribution is 5.94. The largest absolute Gasteiger partial charge is 0.508 e. The molecule has 1 N–H and O–H groups in total. The van der Waals surface area contributed by atoms with Gasteiger partial charge in [-0.15, -0.1) is 6.58 Å². The lowest BCUT2D eigenvalue weighted by molar-refractivity contribution is 0.100. The molecule has 0 saturated heterocycles. The van der Waals surface area contributed by atoms with Gasteiger partial charge in [-0.3, -0.25) is 9.59 Å². The van der Waals surface area contributed by atoms with Crippen molar-refractivity contribution < 1.29 is 19.4 Å². The van der Waals surface area contributed by atoms with E-state index < -0.39 is 0 Å². The van der Waals surface area contributed by atoms with E-state index in [9.17, 15) is 9.59 Å². The molecule has 4 heteroatoms. The first-order chi connectivity index (χ1) is 11.8. The Labute approximate surface area is 149 Å². The molecule has 2 aromatic rings. The van der Waals surface area contributed by atoms with E-state index >= 15 is 0 Å². The summed E-state index contributed by atoms with van der Waals surface area (Å²) >= 11 is 0. The fraction of sp³-hybridized carbons (Fsp3) is 0.143. The van der Waals surface area contributed by atoms with Crippen LogP contribution in [0.25, 0.3) is 0 Å². The molecule has 0 fully saturated rings. The number of aromatic hydroxyl groups is 1. The summed E-state index contributed by atoms with van der Waals surface area (Å²) in [6.07, 6.45) is 3.10. The van der Waals surface area contributed by atoms with Crippen LogP contribution in [0.5, 0.6) is 11.5 Å². The van der Waals surface area contributed by atoms with Gasteiger partial charge in [0.1, 0.15) is 11.5 Å². The van der Waals surface area contributed by atoms with Crippen molar-refractivity contribution in [3.63, 3.8) is 0 Å². The van der Waals surface area contributed by atoms with Crippen molar-refractivity contribution in [3.05, 3.63) is 85.2 Å². The number of rotatable bonds is 4. The number of ketones is 2. The van der Waals surface area contributed by atoms with E-state index in [0.29, 0.717) is 16.9 Å². The van der Waals surface area contributed by atoms with Crippen LogP contribution in [0.2, 0.25) is 0 Å². The Hall–Kier alpha value is -3.14. The highest BCUT2D eigenvalue weighted by Crippen LogP contribution is 2.12. The first-order valence-electron chi connectivity index (χ1n) is 7.61. The molecule has 4 nitrogen and oxygen atoms in total. The number of phenolic OH excluding ortho intramolecular Hbond substituents is 1. The van der Waals surface area contributed by atoms with Gasteiger partial charge in [-0.25, -0.2) is 0 Å². The standard InChI is InChI=1S/C10H10O2.C8H8O2.C3H6/c1-3-12-10-6-4-9(5-7-10)8(2)11;1-6(9)7-2-4-8(10)5-3-7;1-3-2/h3-7H,1H2,2H3;2-5,10H,1H3;3H,1H2,2H3. The van der Waals surface area contributed by atoms with Crippen LogP contribution in [-0.4, -0.2) is 16.7 Å². The zero-order chi connectivity index (χ0) is 19.2. The van der Waals surface area contributed by atoms with Crippen LogP contribution < -0.4 is 4.74 Å². The fourth-order valence-electron chi connectivity index (χ4n) is 1.56. The van der Waals surface area contributed by atoms with Gasteiger partial charge in [0.05, 0.1) is 6.26 Å². The molecule has 2 aromatic carbocycles. The summed E-state index contributed by atoms with van der Waals surface area (Å²) in [5, 5.41) is 8.83. The molecular formula is C21H24O4. The van der Waals surface area contributed by atoms with Crippen LogP contribution in [0.15, 0.2) is 74.0 Å². The third-order valence-corrected chi connectivity index (χ3v) is 2.75. The van der Waals surface area contributed by atoms with Gasteiger partial charge < -0.3 is 9.84 Å². The number of hydrogen-bond donors (Lipinski definition) is 1. The quantitative estimate of drug-likeness (QED) is 0.472. The minimum atomic E-state index is 0.0139. The number of hydrogen-bond acceptors (Lipinski definition) is 4. The van der Waals surface area contributed by atoms with Crippen LogP contribution in [0.3, 0.4) is 0 Å². The molecule has 0 atom stereocenters. The minimum Gasteiger partial charge on any atom is -0.508 e. The molecule has 0 heterocycles. The van der Waals surface area contributed by atoms with Gasteiger partial charge in [0.25, 0.3) is 0 Å². The summed E-state index contributed by atoms with van der Waals surface area (Å²) < 4.78 is 4.99. The molecule has 2 rings (SSSR count). The molecule has 0 bridgehead atoms. The van der Waals surface area contributed by atoms with E-state index in [-0.39, 0.29) is 17.3 Å². The number of allylic oxidation sites excluding steroid dienone is 1. The molecule has 0 aliphatic carbocycles. The maximum absolute atomic E-state index is 10.9. The van der Waals surface area contributed by atoms with Crippen molar-refractivity contribution in [1.29, 1.82) is 0 Å². The fourth-order valence-corrected chi connectivity index (χ4v) is 1.56. The number of ether oxygens (including phenoxy) is 1. The summed E-state index contributed by atoms with van der Waals surface area (Å²) in [6, 6.07) is 13.1. The van der Waals surface area contributed by atoms with Crippen molar-refractivity contribution in [2.75, 3.05) is 0 Å². The van der Waals surface area contributed by atoms with Crippen molar-refractivity contribution in [1.82, 2.24) is 0 Å². The van der Waals surface area contributed by atoms with E-state index in [1.54, 1.807) is 42.5 Å². The normalized spacial score (nSPS) is 8.60. The maximum atomic E-state index is 10.9. The van der Waals surface area contributed by atoms with Crippen LogP contribution >= 0.6 is 0 Å². The molecular weight excluding hydrogens is 316 g/mol. The Morgan fingerprint density at radius 2 is 1.24 bits per heavy atom. The number of benzene rings is 2. The van der Waals surface area contributed by atoms with Gasteiger partial charge in [0.2, 0.25) is 0 Å². The topological polar surface area (TPSA) is 63.6 Å². The molecule has 0 amide bonds. The second kappa shape index (κ2) is 12.3. The average Bonchev–Trinajstić information content (AvgIpc) is 2.57. The Bertz CT molecular complexity index is 683. The van der Waals surface area contributed by atoms with Crippen molar-refractivity contribution >= 4 is 11.6 Å². The van der Waals surface area contributed by atoms with E-state index in [0.717, 1.165) is 0 Å². The van der Waals surface area contributed by atoms with Crippen LogP contribution in [0, 0.1) is 0 Å². The minimum absolute atomic E-state index is 0.0139. The SMILES string of the molecule is C=CC.C=COc1ccc(C(C)=O)cc1.CC(=O)c1ccc(O)cc1. The second-order valence-electron chi connectivity index (χ2n) is 4.88. The molecule has 0 unspecified atom stereocenters. The lowest BCUT2D eigenvalue weighted by Gasteiger charge is -1.99. The Kier molecular flexibility index (Phi) is 10.8. The van der Waals surface area contributed by atoms with E-state index in [1.165, 1.54) is 32.2 Å². The van der Waals surface area contributed by atoms with Crippen LogP contribution in [0.4, 0.5) is 0 Å². The summed E-state index contributed by atoms with van der Waals surface area (Å²) in [5.41, 5.74) is 1.31. The van der Waals surface area contributed by atoms with Crippen molar-refractivity contribution in [2.45, 2.75) is 20.8 Å². The Morgan fingerprint density at radius 1 is 0.880 bits per heavy atom. The highest BCUT2D eigenvalue weighted by atomic mass is 16.5. The van der Waals surface area contributed by atoms with E-state index in [2.05, 4.69) is 13.2 Å². The third kappa shape index (κ3) is 9.56. The maximum Gasteiger partial charge on any atom is 0.159 e. The number of carbonyl (C=O) groups is 2. The molecule has 0 radical (unpaired) electrons. The molecule has 0 aliphatic rings. The van der Waals surface area contributed by atoms with Crippen molar-refractivity contribution in [3.8, 4) is 11.5 Å². The number of carbonyl (C=O) groups excluding carboxylic acids is 2. The summed E-state index contributed by atoms with van der Waals surface area (Å²) in [5.74, 6) is 0.945. The summed E-state index contributed by atoms with van der Waals surface area (Å²) in [7, 11) is 0. The molecule has 132 valence electrons. The second-order valence-corrected chi connectivity index (χ2v) is 4.88. The van der Waals surface area contributed by atoms with Gasteiger partial charge in [-0.2, -0.15) is 0 Å². The summed E-state index contributed by atoms with van der Waals surface area (Å²) in [6.45, 7) is 11.7. The molecule has 0 spiro atoms. The highest BCUT2D eigenvalue weighted by Gasteiger charge is 1.98. The third-order valence-electron chi connectivity index (χ3n) is 2.75. The monoisotopic (exact) mass is 340 g/mol. The zero-order valence-corrected chi connectivity index (χ0v) is 14.9. The zero-order valence-electron chi connectivity index (χ0n) is 14.9. The molecule has 0 aromatic heterocycles. The summed E-state index contributed by atoms with van der Waals surface area (Å²) in [4.78, 5) is 21.5. The van der Waals surface area contributed by atoms with Gasteiger partial charge >= 0.3 is 0 Å². The smallest absolute Gasteiger partial charge is 0.159 e. The Morgan fingerprint density at radius 3 is 1.56 bits per heavy atom. The number of phenols is 1. The van der Waals surface area contributed by atoms with Gasteiger partial charge in [0.15, 0.2) is 11.6 Å². The van der Waals surface area contributed by atoms with Gasteiger partial charge in [-0.1, -0.05) is 12.7 Å². The average molecular weight is 340 g/mol. The lowest BCUT2D eigenvalue weighted by atomic mass is 10.1. The molecule has 0 aliphatic heterocycles. The predicted molar refractivity (Wildman–Crippen MR) is 101 cm³/mol. The van der Waals surface area contributed by atoms with E-state index in [4.69, 9.17) is 9.84 Å². The predicted octanol–water partition coefficient (Wildman–Crippen LogP) is 5.20. The Balaban J connectivity index is 0.000000403. The van der Waals surface area contributed by atoms with Gasteiger partial charge in [-0.05, 0) is 69.3 Å². The van der Waals surface area contributed by atoms with Crippen LogP contribution in [0.1, 0.15) is 41.5 Å². The molecule has 0 saturated carbocycles. The first-order valence-corrected chi connectivity index (χ1v) is 7.61. The van der Waals surface area contributed by atoms with Gasteiger partial charge in [0, 0.05) is 11.1 Å².